The van der Waals surface area contributed by atoms with E-state index in [1.165, 1.54) is 42.5 Å². The van der Waals surface area contributed by atoms with Gasteiger partial charge in [0.2, 0.25) is 0 Å². The number of fused-ring (bicyclic) bond motifs is 1. The normalized spacial score (nSPS) is 19.0. The van der Waals surface area contributed by atoms with Crippen molar-refractivity contribution in [1.29, 1.82) is 0 Å². The Morgan fingerprint density at radius 3 is 1.98 bits per heavy atom. The highest BCUT2D eigenvalue weighted by Gasteiger charge is 2.39. The average Bonchev–Trinajstić information content (AvgIpc) is 3.79. The van der Waals surface area contributed by atoms with Crippen LogP contribution in [0.3, 0.4) is 0 Å². The molecule has 2 fully saturated rings. The van der Waals surface area contributed by atoms with Gasteiger partial charge in [-0.1, -0.05) is 0 Å². The molecule has 15 heteroatoms. The molecular formula is C25H30F6N4O5. The van der Waals surface area contributed by atoms with Crippen LogP contribution in [0.2, 0.25) is 0 Å². The Morgan fingerprint density at radius 2 is 1.48 bits per heavy atom. The van der Waals surface area contributed by atoms with Gasteiger partial charge in [0.15, 0.2) is 0 Å². The highest BCUT2D eigenvalue weighted by molar-refractivity contribution is 5.73. The van der Waals surface area contributed by atoms with Gasteiger partial charge in [0, 0.05) is 62.4 Å². The summed E-state index contributed by atoms with van der Waals surface area (Å²) in [4.78, 5) is 24.5. The van der Waals surface area contributed by atoms with Crippen LogP contribution >= 0.6 is 0 Å². The van der Waals surface area contributed by atoms with Crippen molar-refractivity contribution in [2.45, 2.75) is 63.6 Å². The van der Waals surface area contributed by atoms with Crippen molar-refractivity contribution in [3.63, 3.8) is 0 Å². The number of hydrogen-bond donors (Lipinski definition) is 2. The number of ether oxygens (including phenoxy) is 1. The predicted molar refractivity (Wildman–Crippen MR) is 127 cm³/mol. The van der Waals surface area contributed by atoms with Crippen molar-refractivity contribution in [2.24, 2.45) is 11.8 Å². The van der Waals surface area contributed by atoms with Crippen LogP contribution in [-0.4, -0.2) is 73.9 Å². The van der Waals surface area contributed by atoms with Gasteiger partial charge >= 0.3 is 24.3 Å². The van der Waals surface area contributed by atoms with E-state index >= 15 is 0 Å². The Labute approximate surface area is 225 Å². The summed E-state index contributed by atoms with van der Waals surface area (Å²) in [5.74, 6) is -3.41. The monoisotopic (exact) mass is 580 g/mol. The van der Waals surface area contributed by atoms with E-state index in [-0.39, 0.29) is 0 Å². The van der Waals surface area contributed by atoms with E-state index in [0.717, 1.165) is 51.2 Å². The van der Waals surface area contributed by atoms with Gasteiger partial charge in [-0.3, -0.25) is 14.6 Å². The highest BCUT2D eigenvalue weighted by atomic mass is 19.4. The van der Waals surface area contributed by atoms with Crippen LogP contribution in [0, 0.1) is 11.8 Å². The quantitative estimate of drug-likeness (QED) is 0.439. The summed E-state index contributed by atoms with van der Waals surface area (Å²) in [5.41, 5.74) is 4.16. The van der Waals surface area contributed by atoms with Crippen LogP contribution in [0.5, 0.6) is 0 Å². The van der Waals surface area contributed by atoms with Gasteiger partial charge < -0.3 is 14.9 Å². The lowest BCUT2D eigenvalue weighted by Gasteiger charge is -2.33. The number of pyridine rings is 1. The number of aromatic nitrogens is 3. The molecule has 222 valence electrons. The van der Waals surface area contributed by atoms with E-state index in [4.69, 9.17) is 29.6 Å². The number of carboxylic acid groups (broad SMARTS) is 2. The Bertz CT molecular complexity index is 1090. The molecule has 0 spiro atoms. The molecule has 2 aromatic heterocycles. The molecule has 1 unspecified atom stereocenters. The van der Waals surface area contributed by atoms with Crippen molar-refractivity contribution in [3.05, 3.63) is 47.5 Å². The zero-order valence-corrected chi connectivity index (χ0v) is 21.4. The van der Waals surface area contributed by atoms with Gasteiger partial charge in [-0.15, -0.1) is 0 Å². The summed E-state index contributed by atoms with van der Waals surface area (Å²) in [6.07, 6.45) is 1.14. The lowest BCUT2D eigenvalue weighted by Crippen LogP contribution is -2.36. The van der Waals surface area contributed by atoms with E-state index < -0.39 is 24.3 Å². The Hall–Kier alpha value is -3.20. The highest BCUT2D eigenvalue weighted by Crippen LogP contribution is 2.35. The third-order valence-electron chi connectivity index (χ3n) is 6.36. The SMILES string of the molecule is O=C(O)C(F)(F)F.O=C(O)C(F)(F)F.c1cc(CN2Cc3cnn(CC4CC4)c3C(COCC3CC3)C2)ccn1. The average molecular weight is 581 g/mol. The first-order valence-electron chi connectivity index (χ1n) is 12.6. The number of nitrogens with zero attached hydrogens (tertiary/aromatic N) is 4. The molecule has 2 aliphatic carbocycles. The minimum atomic E-state index is -5.08. The number of halogens is 6. The first-order valence-corrected chi connectivity index (χ1v) is 12.6. The number of carbonyl (C=O) groups is 2. The number of alkyl halides is 6. The fraction of sp³-hybridized carbons (Fsp3) is 0.600. The van der Waals surface area contributed by atoms with Crippen molar-refractivity contribution in [2.75, 3.05) is 19.8 Å². The summed E-state index contributed by atoms with van der Waals surface area (Å²) < 4.78 is 71.9. The Balaban J connectivity index is 0.000000263. The van der Waals surface area contributed by atoms with Crippen LogP contribution in [0.4, 0.5) is 26.3 Å². The second-order valence-corrected chi connectivity index (χ2v) is 9.99. The molecule has 1 aliphatic heterocycles. The first kappa shape index (κ1) is 31.3. The van der Waals surface area contributed by atoms with Crippen LogP contribution in [-0.2, 0) is 34.0 Å². The van der Waals surface area contributed by atoms with Gasteiger partial charge in [-0.25, -0.2) is 9.59 Å². The summed E-state index contributed by atoms with van der Waals surface area (Å²) in [7, 11) is 0. The summed E-state index contributed by atoms with van der Waals surface area (Å²) >= 11 is 0. The Morgan fingerprint density at radius 1 is 0.925 bits per heavy atom. The van der Waals surface area contributed by atoms with E-state index in [2.05, 4.69) is 32.9 Å². The molecule has 0 radical (unpaired) electrons. The number of rotatable bonds is 8. The minimum absolute atomic E-state index is 0.431. The van der Waals surface area contributed by atoms with Gasteiger partial charge in [0.25, 0.3) is 0 Å². The molecule has 5 rings (SSSR count). The maximum Gasteiger partial charge on any atom is 0.490 e. The van der Waals surface area contributed by atoms with Crippen molar-refractivity contribution in [1.82, 2.24) is 19.7 Å². The molecule has 3 aliphatic rings. The molecule has 0 bridgehead atoms. The van der Waals surface area contributed by atoms with E-state index in [9.17, 15) is 26.3 Å². The molecule has 2 N–H and O–H groups in total. The fourth-order valence-electron chi connectivity index (χ4n) is 4.08. The molecule has 0 saturated heterocycles. The topological polar surface area (TPSA) is 118 Å². The minimum Gasteiger partial charge on any atom is -0.475 e. The fourth-order valence-corrected chi connectivity index (χ4v) is 4.08. The first-order chi connectivity index (χ1) is 18.7. The van der Waals surface area contributed by atoms with E-state index in [0.29, 0.717) is 5.92 Å². The number of carboxylic acids is 2. The number of aliphatic carboxylic acids is 2. The van der Waals surface area contributed by atoms with Crippen LogP contribution in [0.1, 0.15) is 48.4 Å². The zero-order valence-electron chi connectivity index (χ0n) is 21.4. The van der Waals surface area contributed by atoms with Gasteiger partial charge in [-0.05, 0) is 55.2 Å². The van der Waals surface area contributed by atoms with Crippen LogP contribution < -0.4 is 0 Å². The molecule has 0 amide bonds. The van der Waals surface area contributed by atoms with Crippen molar-refractivity contribution in [3.8, 4) is 0 Å². The van der Waals surface area contributed by atoms with Crippen molar-refractivity contribution >= 4 is 11.9 Å². The molecule has 1 atom stereocenters. The molecule has 40 heavy (non-hydrogen) atoms. The van der Waals surface area contributed by atoms with Crippen molar-refractivity contribution < 1.29 is 50.9 Å². The maximum atomic E-state index is 10.6. The number of hydrogen-bond acceptors (Lipinski definition) is 6. The van der Waals surface area contributed by atoms with Gasteiger partial charge in [0.1, 0.15) is 0 Å². The Kier molecular flexibility index (Phi) is 10.5. The maximum absolute atomic E-state index is 10.6. The van der Waals surface area contributed by atoms with Crippen LogP contribution in [0.15, 0.2) is 30.7 Å². The molecule has 2 aromatic rings. The summed E-state index contributed by atoms with van der Waals surface area (Å²) in [6.45, 7) is 5.87. The predicted octanol–water partition coefficient (Wildman–Crippen LogP) is 4.48. The third-order valence-corrected chi connectivity index (χ3v) is 6.36. The van der Waals surface area contributed by atoms with Crippen LogP contribution in [0.25, 0.3) is 0 Å². The summed E-state index contributed by atoms with van der Waals surface area (Å²) in [6, 6.07) is 4.23. The van der Waals surface area contributed by atoms with Gasteiger partial charge in [-0.2, -0.15) is 31.4 Å². The third kappa shape index (κ3) is 10.4. The summed E-state index contributed by atoms with van der Waals surface area (Å²) in [5, 5.41) is 19.0. The molecular weight excluding hydrogens is 550 g/mol. The lowest BCUT2D eigenvalue weighted by molar-refractivity contribution is -0.193. The largest absolute Gasteiger partial charge is 0.490 e. The smallest absolute Gasteiger partial charge is 0.475 e. The molecule has 3 heterocycles. The van der Waals surface area contributed by atoms with E-state index in [1.54, 1.807) is 0 Å². The van der Waals surface area contributed by atoms with E-state index in [1.807, 2.05) is 12.4 Å². The molecule has 9 nitrogen and oxygen atoms in total. The second kappa shape index (κ2) is 13.4. The molecule has 0 aromatic carbocycles. The van der Waals surface area contributed by atoms with Gasteiger partial charge in [0.05, 0.1) is 12.8 Å². The standard InChI is InChI=1S/C21H28N4O.2C2HF3O2/c1-2-16(1)11-25-21-19(9-23-25)12-24(10-17-5-7-22-8-6-17)13-20(21)15-26-14-18-3-4-18;2*3-2(4,5)1(6)7/h5-9,16,18,20H,1-4,10-15H2;2*(H,6,7). The second-order valence-electron chi connectivity index (χ2n) is 9.99. The lowest BCUT2D eigenvalue weighted by atomic mass is 9.96. The zero-order chi connectivity index (χ0) is 29.5. The molecule has 2 saturated carbocycles.